The summed E-state index contributed by atoms with van der Waals surface area (Å²) in [6.45, 7) is 0. The quantitative estimate of drug-likeness (QED) is 0.502. The minimum atomic E-state index is -4.40. The molecule has 0 atom stereocenters. The summed E-state index contributed by atoms with van der Waals surface area (Å²) in [5.74, 6) is 0.188. The van der Waals surface area contributed by atoms with Crippen molar-refractivity contribution in [3.63, 3.8) is 0 Å². The molecule has 0 saturated heterocycles. The van der Waals surface area contributed by atoms with Gasteiger partial charge in [-0.05, 0) is 30.3 Å². The fourth-order valence-electron chi connectivity index (χ4n) is 2.52. The van der Waals surface area contributed by atoms with E-state index in [9.17, 15) is 13.2 Å². The second-order valence-corrected chi connectivity index (χ2v) is 6.00. The molecule has 136 valence electrons. The number of rotatable bonds is 3. The van der Waals surface area contributed by atoms with Gasteiger partial charge in [0.2, 0.25) is 0 Å². The van der Waals surface area contributed by atoms with Gasteiger partial charge in [-0.3, -0.25) is 5.10 Å². The summed E-state index contributed by atoms with van der Waals surface area (Å²) in [7, 11) is 0. The molecule has 0 aliphatic rings. The molecule has 0 bridgehead atoms. The topological polar surface area (TPSA) is 63.7 Å². The van der Waals surface area contributed by atoms with Gasteiger partial charge in [0.15, 0.2) is 5.65 Å². The molecule has 2 heterocycles. The summed E-state index contributed by atoms with van der Waals surface area (Å²) in [5.41, 5.74) is 0.980. The third-order valence-electron chi connectivity index (χ3n) is 3.82. The number of benzene rings is 2. The van der Waals surface area contributed by atoms with E-state index >= 15 is 0 Å². The molecule has 0 radical (unpaired) electrons. The van der Waals surface area contributed by atoms with Crippen molar-refractivity contribution < 1.29 is 17.9 Å². The minimum absolute atomic E-state index is 0.0170. The zero-order chi connectivity index (χ0) is 19.0. The summed E-state index contributed by atoms with van der Waals surface area (Å²) < 4.78 is 43.2. The molecule has 4 aromatic rings. The van der Waals surface area contributed by atoms with E-state index in [1.54, 1.807) is 6.07 Å². The molecule has 0 amide bonds. The molecule has 0 aliphatic carbocycles. The van der Waals surface area contributed by atoms with E-state index in [0.29, 0.717) is 21.7 Å². The normalized spacial score (nSPS) is 11.7. The van der Waals surface area contributed by atoms with Crippen LogP contribution in [0.3, 0.4) is 0 Å². The van der Waals surface area contributed by atoms with E-state index in [4.69, 9.17) is 16.3 Å². The van der Waals surface area contributed by atoms with Crippen molar-refractivity contribution in [1.29, 1.82) is 0 Å². The Bertz CT molecular complexity index is 1110. The van der Waals surface area contributed by atoms with E-state index in [1.807, 2.05) is 18.2 Å². The van der Waals surface area contributed by atoms with Crippen LogP contribution in [0.1, 0.15) is 5.56 Å². The molecule has 0 aliphatic heterocycles. The van der Waals surface area contributed by atoms with Crippen LogP contribution in [0.25, 0.3) is 22.3 Å². The van der Waals surface area contributed by atoms with Crippen LogP contribution in [-0.2, 0) is 6.18 Å². The van der Waals surface area contributed by atoms with Crippen molar-refractivity contribution in [2.45, 2.75) is 6.18 Å². The number of hydrogen-bond acceptors (Lipinski definition) is 4. The highest BCUT2D eigenvalue weighted by Gasteiger charge is 2.30. The van der Waals surface area contributed by atoms with Crippen LogP contribution in [0.5, 0.6) is 11.8 Å². The molecule has 2 aromatic heterocycles. The number of nitrogens with zero attached hydrogens (tertiary/aromatic N) is 3. The number of hydrogen-bond donors (Lipinski definition) is 1. The Hall–Kier alpha value is -3.13. The molecular formula is C18H10ClF3N4O. The molecule has 2 aromatic carbocycles. The van der Waals surface area contributed by atoms with Gasteiger partial charge in [0.05, 0.1) is 16.0 Å². The van der Waals surface area contributed by atoms with Crippen LogP contribution in [0.2, 0.25) is 5.02 Å². The van der Waals surface area contributed by atoms with Crippen LogP contribution in [-0.4, -0.2) is 20.2 Å². The first-order valence-corrected chi connectivity index (χ1v) is 8.11. The Balaban J connectivity index is 1.62. The van der Waals surface area contributed by atoms with Gasteiger partial charge in [-0.2, -0.15) is 23.3 Å². The van der Waals surface area contributed by atoms with Crippen molar-refractivity contribution in [3.05, 3.63) is 65.3 Å². The average Bonchev–Trinajstić information content (AvgIpc) is 3.05. The zero-order valence-electron chi connectivity index (χ0n) is 13.5. The summed E-state index contributed by atoms with van der Waals surface area (Å²) in [6, 6.07) is 11.5. The lowest BCUT2D eigenvalue weighted by Crippen LogP contribution is -2.04. The Morgan fingerprint density at radius 2 is 1.74 bits per heavy atom. The molecule has 27 heavy (non-hydrogen) atoms. The second-order valence-electron chi connectivity index (χ2n) is 5.59. The Morgan fingerprint density at radius 3 is 2.44 bits per heavy atom. The lowest BCUT2D eigenvalue weighted by atomic mass is 10.1. The first kappa shape index (κ1) is 17.3. The summed E-state index contributed by atoms with van der Waals surface area (Å²) >= 11 is 6.20. The van der Waals surface area contributed by atoms with Gasteiger partial charge in [-0.1, -0.05) is 29.8 Å². The number of alkyl halides is 3. The van der Waals surface area contributed by atoms with Gasteiger partial charge in [0, 0.05) is 11.8 Å². The fourth-order valence-corrected chi connectivity index (χ4v) is 2.74. The van der Waals surface area contributed by atoms with Gasteiger partial charge in [0.25, 0.3) is 0 Å². The largest absolute Gasteiger partial charge is 0.424 e. The zero-order valence-corrected chi connectivity index (χ0v) is 14.2. The molecule has 5 nitrogen and oxygen atoms in total. The third-order valence-corrected chi connectivity index (χ3v) is 4.14. The standard InChI is InChI=1S/C18H10ClF3N4O/c19-14-4-2-1-3-12(14)15-13-9-23-17(24-16(13)26-25-15)27-11-7-5-10(6-8-11)18(20,21)22/h1-9H,(H,23,24,25,26). The molecule has 4 rings (SSSR count). The van der Waals surface area contributed by atoms with Crippen molar-refractivity contribution in [1.82, 2.24) is 20.2 Å². The third kappa shape index (κ3) is 3.43. The van der Waals surface area contributed by atoms with E-state index in [-0.39, 0.29) is 11.8 Å². The predicted octanol–water partition coefficient (Wildman–Crippen LogP) is 5.48. The number of H-pyrrole nitrogens is 1. The Morgan fingerprint density at radius 1 is 1.00 bits per heavy atom. The monoisotopic (exact) mass is 390 g/mol. The Kier molecular flexibility index (Phi) is 4.19. The van der Waals surface area contributed by atoms with Gasteiger partial charge in [-0.25, -0.2) is 4.98 Å². The van der Waals surface area contributed by atoms with Gasteiger partial charge in [-0.15, -0.1) is 0 Å². The number of aromatic amines is 1. The van der Waals surface area contributed by atoms with Gasteiger partial charge >= 0.3 is 12.2 Å². The average molecular weight is 391 g/mol. The lowest BCUT2D eigenvalue weighted by Gasteiger charge is -2.08. The van der Waals surface area contributed by atoms with E-state index in [0.717, 1.165) is 17.7 Å². The van der Waals surface area contributed by atoms with Crippen LogP contribution < -0.4 is 4.74 Å². The van der Waals surface area contributed by atoms with Crippen molar-refractivity contribution >= 4 is 22.6 Å². The fraction of sp³-hybridized carbons (Fsp3) is 0.0556. The maximum Gasteiger partial charge on any atom is 0.416 e. The smallest absolute Gasteiger partial charge is 0.416 e. The predicted molar refractivity (Wildman–Crippen MR) is 93.6 cm³/mol. The summed E-state index contributed by atoms with van der Waals surface area (Å²) in [5, 5.41) is 8.18. The van der Waals surface area contributed by atoms with Crippen molar-refractivity contribution in [3.8, 4) is 23.0 Å². The van der Waals surface area contributed by atoms with E-state index < -0.39 is 11.7 Å². The summed E-state index contributed by atoms with van der Waals surface area (Å²) in [4.78, 5) is 8.30. The molecule has 1 N–H and O–H groups in total. The number of halogens is 4. The van der Waals surface area contributed by atoms with E-state index in [1.165, 1.54) is 18.3 Å². The molecule has 0 unspecified atom stereocenters. The van der Waals surface area contributed by atoms with Crippen molar-refractivity contribution in [2.75, 3.05) is 0 Å². The SMILES string of the molecule is FC(F)(F)c1ccc(Oc2ncc3c(-c4ccccc4Cl)n[nH]c3n2)cc1. The molecular weight excluding hydrogens is 381 g/mol. The van der Waals surface area contributed by atoms with Crippen LogP contribution >= 0.6 is 11.6 Å². The minimum Gasteiger partial charge on any atom is -0.424 e. The molecule has 0 spiro atoms. The number of aromatic nitrogens is 4. The molecule has 0 fully saturated rings. The Labute approximate surface area is 155 Å². The molecule has 0 saturated carbocycles. The number of fused-ring (bicyclic) bond motifs is 1. The van der Waals surface area contributed by atoms with Crippen LogP contribution in [0.15, 0.2) is 54.7 Å². The van der Waals surface area contributed by atoms with Gasteiger partial charge in [0.1, 0.15) is 11.4 Å². The first-order valence-electron chi connectivity index (χ1n) is 7.73. The van der Waals surface area contributed by atoms with Crippen LogP contribution in [0, 0.1) is 0 Å². The highest BCUT2D eigenvalue weighted by atomic mass is 35.5. The number of ether oxygens (including phenoxy) is 1. The number of nitrogens with one attached hydrogen (secondary N) is 1. The molecule has 9 heteroatoms. The van der Waals surface area contributed by atoms with Gasteiger partial charge < -0.3 is 4.74 Å². The maximum absolute atomic E-state index is 12.6. The highest BCUT2D eigenvalue weighted by molar-refractivity contribution is 6.33. The second kappa shape index (κ2) is 6.55. The maximum atomic E-state index is 12.6. The van der Waals surface area contributed by atoms with Crippen LogP contribution in [0.4, 0.5) is 13.2 Å². The summed E-state index contributed by atoms with van der Waals surface area (Å²) in [6.07, 6.45) is -2.89. The van der Waals surface area contributed by atoms with Crippen molar-refractivity contribution in [2.24, 2.45) is 0 Å². The lowest BCUT2D eigenvalue weighted by molar-refractivity contribution is -0.137. The first-order chi connectivity index (χ1) is 12.9. The highest BCUT2D eigenvalue weighted by Crippen LogP contribution is 2.33. The van der Waals surface area contributed by atoms with E-state index in [2.05, 4.69) is 20.2 Å².